The lowest BCUT2D eigenvalue weighted by Crippen LogP contribution is -2.25. The van der Waals surface area contributed by atoms with E-state index in [2.05, 4.69) is 28.4 Å². The van der Waals surface area contributed by atoms with Gasteiger partial charge in [0.2, 0.25) is 0 Å². The van der Waals surface area contributed by atoms with Crippen molar-refractivity contribution >= 4 is 22.5 Å². The third kappa shape index (κ3) is 2.64. The number of aromatic nitrogens is 2. The molecular weight excluding hydrogens is 320 g/mol. The normalized spacial score (nSPS) is 15.2. The summed E-state index contributed by atoms with van der Waals surface area (Å²) >= 11 is 0. The molecule has 2 aromatic heterocycles. The third-order valence-corrected chi connectivity index (χ3v) is 5.53. The highest BCUT2D eigenvalue weighted by atomic mass is 15.1. The number of pyridine rings is 1. The van der Waals surface area contributed by atoms with E-state index >= 15 is 0 Å². The molecule has 1 fully saturated rings. The second kappa shape index (κ2) is 6.84. The van der Waals surface area contributed by atoms with E-state index in [4.69, 9.17) is 4.98 Å². The summed E-state index contributed by atoms with van der Waals surface area (Å²) < 4.78 is 2.15. The summed E-state index contributed by atoms with van der Waals surface area (Å²) in [5, 5.41) is 13.6. The number of fused-ring (bicyclic) bond motifs is 3. The number of anilines is 1. The first-order valence-corrected chi connectivity index (χ1v) is 9.44. The Morgan fingerprint density at radius 1 is 1.31 bits per heavy atom. The Morgan fingerprint density at radius 2 is 2.08 bits per heavy atom. The highest BCUT2D eigenvalue weighted by molar-refractivity contribution is 5.86. The molecule has 4 heteroatoms. The zero-order valence-electron chi connectivity index (χ0n) is 15.3. The highest BCUT2D eigenvalue weighted by Crippen LogP contribution is 2.33. The predicted molar refractivity (Wildman–Crippen MR) is 107 cm³/mol. The second-order valence-electron chi connectivity index (χ2n) is 7.17. The van der Waals surface area contributed by atoms with Crippen LogP contribution in [0.25, 0.3) is 16.7 Å². The van der Waals surface area contributed by atoms with Gasteiger partial charge in [0.15, 0.2) is 5.65 Å². The fourth-order valence-corrected chi connectivity index (χ4v) is 4.17. The summed E-state index contributed by atoms with van der Waals surface area (Å²) in [7, 11) is 0. The molecule has 26 heavy (non-hydrogen) atoms. The van der Waals surface area contributed by atoms with Crippen molar-refractivity contribution in [3.8, 4) is 6.07 Å². The van der Waals surface area contributed by atoms with E-state index in [1.54, 1.807) is 0 Å². The van der Waals surface area contributed by atoms with Gasteiger partial charge in [-0.25, -0.2) is 4.98 Å². The van der Waals surface area contributed by atoms with Crippen LogP contribution in [0.4, 0.5) is 5.82 Å². The zero-order valence-corrected chi connectivity index (χ0v) is 15.3. The van der Waals surface area contributed by atoms with E-state index in [1.165, 1.54) is 32.1 Å². The molecule has 0 radical (unpaired) electrons. The number of imidazole rings is 1. The van der Waals surface area contributed by atoms with Gasteiger partial charge >= 0.3 is 0 Å². The second-order valence-corrected chi connectivity index (χ2v) is 7.17. The smallest absolute Gasteiger partial charge is 0.157 e. The fraction of sp³-hybridized carbons (Fsp3) is 0.364. The lowest BCUT2D eigenvalue weighted by Gasteiger charge is -2.27. The van der Waals surface area contributed by atoms with Crippen LogP contribution in [0.1, 0.15) is 48.8 Å². The fourth-order valence-electron chi connectivity index (χ4n) is 4.17. The number of allylic oxidation sites excluding steroid dienone is 1. The molecule has 2 heterocycles. The standard InChI is InChI=1S/C22H24N4/c1-3-9-17-15(2)18(14-23)22-25-19-12-7-8-13-20(19)26(22)21(17)24-16-10-5-4-6-11-16/h3,7-8,12-13,16,24H,1,4-6,9-11H2,2H3. The average Bonchev–Trinajstić information content (AvgIpc) is 3.05. The van der Waals surface area contributed by atoms with E-state index < -0.39 is 0 Å². The molecular formula is C22H24N4. The SMILES string of the molecule is C=CCc1c(C)c(C#N)c2nc3ccccc3n2c1NC1CCCCC1. The van der Waals surface area contributed by atoms with Crippen LogP contribution < -0.4 is 5.32 Å². The number of rotatable bonds is 4. The lowest BCUT2D eigenvalue weighted by atomic mass is 9.94. The summed E-state index contributed by atoms with van der Waals surface area (Å²) in [4.78, 5) is 4.78. The van der Waals surface area contributed by atoms with Crippen molar-refractivity contribution in [1.82, 2.24) is 9.38 Å². The molecule has 0 atom stereocenters. The lowest BCUT2D eigenvalue weighted by molar-refractivity contribution is 0.461. The summed E-state index contributed by atoms with van der Waals surface area (Å²) in [6, 6.07) is 11.0. The van der Waals surface area contributed by atoms with Gasteiger partial charge in [-0.05, 0) is 43.9 Å². The van der Waals surface area contributed by atoms with Crippen LogP contribution in [0.2, 0.25) is 0 Å². The van der Waals surface area contributed by atoms with Crippen LogP contribution in [-0.4, -0.2) is 15.4 Å². The van der Waals surface area contributed by atoms with Crippen molar-refractivity contribution in [3.05, 3.63) is 53.6 Å². The first kappa shape index (κ1) is 16.7. The van der Waals surface area contributed by atoms with Crippen molar-refractivity contribution in [2.45, 2.75) is 51.5 Å². The molecule has 0 spiro atoms. The summed E-state index contributed by atoms with van der Waals surface area (Å²) in [5.41, 5.74) is 5.53. The van der Waals surface area contributed by atoms with Crippen molar-refractivity contribution in [1.29, 1.82) is 5.26 Å². The Kier molecular flexibility index (Phi) is 4.38. The Morgan fingerprint density at radius 3 is 2.81 bits per heavy atom. The molecule has 4 rings (SSSR count). The molecule has 4 nitrogen and oxygen atoms in total. The molecule has 1 aliphatic rings. The molecule has 0 unspecified atom stereocenters. The van der Waals surface area contributed by atoms with E-state index in [1.807, 2.05) is 31.2 Å². The monoisotopic (exact) mass is 344 g/mol. The van der Waals surface area contributed by atoms with Crippen LogP contribution in [0.5, 0.6) is 0 Å². The van der Waals surface area contributed by atoms with E-state index in [0.717, 1.165) is 40.0 Å². The van der Waals surface area contributed by atoms with Crippen LogP contribution in [0, 0.1) is 18.3 Å². The minimum atomic E-state index is 0.476. The Bertz CT molecular complexity index is 1020. The van der Waals surface area contributed by atoms with Gasteiger partial charge in [-0.2, -0.15) is 5.26 Å². The molecule has 0 aliphatic heterocycles. The van der Waals surface area contributed by atoms with Crippen LogP contribution >= 0.6 is 0 Å². The van der Waals surface area contributed by atoms with Crippen molar-refractivity contribution in [3.63, 3.8) is 0 Å². The number of hydrogen-bond acceptors (Lipinski definition) is 3. The largest absolute Gasteiger partial charge is 0.368 e. The number of nitriles is 1. The van der Waals surface area contributed by atoms with Crippen LogP contribution in [-0.2, 0) is 6.42 Å². The van der Waals surface area contributed by atoms with Gasteiger partial charge in [-0.1, -0.05) is 37.5 Å². The molecule has 1 aliphatic carbocycles. The summed E-state index contributed by atoms with van der Waals surface area (Å²) in [6.45, 7) is 5.97. The number of para-hydroxylation sites is 2. The van der Waals surface area contributed by atoms with E-state index in [0.29, 0.717) is 11.6 Å². The maximum atomic E-state index is 9.80. The number of nitrogens with zero attached hydrogens (tertiary/aromatic N) is 3. The summed E-state index contributed by atoms with van der Waals surface area (Å²) in [5.74, 6) is 1.08. The quantitative estimate of drug-likeness (QED) is 0.667. The molecule has 132 valence electrons. The number of nitrogens with one attached hydrogen (secondary N) is 1. The van der Waals surface area contributed by atoms with Crippen molar-refractivity contribution in [2.75, 3.05) is 5.32 Å². The topological polar surface area (TPSA) is 53.1 Å². The molecule has 1 saturated carbocycles. The maximum Gasteiger partial charge on any atom is 0.157 e. The minimum Gasteiger partial charge on any atom is -0.368 e. The number of hydrogen-bond donors (Lipinski definition) is 1. The summed E-state index contributed by atoms with van der Waals surface area (Å²) in [6.07, 6.45) is 8.92. The molecule has 1 aromatic carbocycles. The average molecular weight is 344 g/mol. The first-order valence-electron chi connectivity index (χ1n) is 9.44. The maximum absolute atomic E-state index is 9.80. The Balaban J connectivity index is 2.03. The van der Waals surface area contributed by atoms with Gasteiger partial charge < -0.3 is 5.32 Å². The highest BCUT2D eigenvalue weighted by Gasteiger charge is 2.22. The number of benzene rings is 1. The molecule has 0 saturated heterocycles. The van der Waals surface area contributed by atoms with Gasteiger partial charge in [0.25, 0.3) is 0 Å². The van der Waals surface area contributed by atoms with Crippen molar-refractivity contribution in [2.24, 2.45) is 0 Å². The Labute approximate surface area is 154 Å². The van der Waals surface area contributed by atoms with E-state index in [9.17, 15) is 5.26 Å². The van der Waals surface area contributed by atoms with Gasteiger partial charge in [0, 0.05) is 11.6 Å². The predicted octanol–water partition coefficient (Wildman–Crippen LogP) is 5.14. The van der Waals surface area contributed by atoms with Crippen molar-refractivity contribution < 1.29 is 0 Å². The molecule has 3 aromatic rings. The Hall–Kier alpha value is -2.80. The minimum absolute atomic E-state index is 0.476. The van der Waals surface area contributed by atoms with Gasteiger partial charge in [0.05, 0.1) is 16.6 Å². The van der Waals surface area contributed by atoms with Crippen LogP contribution in [0.3, 0.4) is 0 Å². The first-order chi connectivity index (χ1) is 12.7. The van der Waals surface area contributed by atoms with Crippen LogP contribution in [0.15, 0.2) is 36.9 Å². The third-order valence-electron chi connectivity index (χ3n) is 5.53. The van der Waals surface area contributed by atoms with E-state index in [-0.39, 0.29) is 0 Å². The molecule has 1 N–H and O–H groups in total. The molecule has 0 amide bonds. The molecule has 0 bridgehead atoms. The van der Waals surface area contributed by atoms with Gasteiger partial charge in [-0.15, -0.1) is 6.58 Å². The van der Waals surface area contributed by atoms with Gasteiger partial charge in [-0.3, -0.25) is 4.40 Å². The zero-order chi connectivity index (χ0) is 18.1. The van der Waals surface area contributed by atoms with Gasteiger partial charge in [0.1, 0.15) is 11.9 Å².